The van der Waals surface area contributed by atoms with Crippen LogP contribution in [0.15, 0.2) is 18.3 Å². The first-order chi connectivity index (χ1) is 9.52. The summed E-state index contributed by atoms with van der Waals surface area (Å²) in [6.45, 7) is 3.22. The smallest absolute Gasteiger partial charge is 0.326 e. The summed E-state index contributed by atoms with van der Waals surface area (Å²) in [6.07, 6.45) is 1.27. The second kappa shape index (κ2) is 7.22. The monoisotopic (exact) mass is 280 g/mol. The first kappa shape index (κ1) is 15.6. The average Bonchev–Trinajstić information content (AvgIpc) is 2.40. The lowest BCUT2D eigenvalue weighted by molar-refractivity contribution is -0.255. The van der Waals surface area contributed by atoms with Gasteiger partial charge in [-0.2, -0.15) is 0 Å². The molecule has 0 atom stereocenters. The van der Waals surface area contributed by atoms with Gasteiger partial charge >= 0.3 is 11.9 Å². The quantitative estimate of drug-likeness (QED) is 0.518. The standard InChI is InChI=1S/C13H15NO6/c1-3-19-12(17)9(13(18)20-4-2)10-8(11(15)16)6-5-7-14-10/h5-7,9H,3-4H2,1-2H3,(H,15,16)/p-1. The van der Waals surface area contributed by atoms with Gasteiger partial charge in [-0.15, -0.1) is 0 Å². The Labute approximate surface area is 115 Å². The van der Waals surface area contributed by atoms with Gasteiger partial charge in [0.2, 0.25) is 0 Å². The maximum Gasteiger partial charge on any atom is 0.326 e. The Morgan fingerprint density at radius 3 is 2.20 bits per heavy atom. The van der Waals surface area contributed by atoms with Gasteiger partial charge in [-0.05, 0) is 26.0 Å². The van der Waals surface area contributed by atoms with Gasteiger partial charge in [0, 0.05) is 11.8 Å². The summed E-state index contributed by atoms with van der Waals surface area (Å²) in [4.78, 5) is 38.5. The molecule has 0 aliphatic rings. The summed E-state index contributed by atoms with van der Waals surface area (Å²) in [5.74, 6) is -4.89. The largest absolute Gasteiger partial charge is 0.545 e. The van der Waals surface area contributed by atoms with E-state index in [0.717, 1.165) is 0 Å². The van der Waals surface area contributed by atoms with E-state index in [2.05, 4.69) is 4.98 Å². The number of pyridine rings is 1. The van der Waals surface area contributed by atoms with Gasteiger partial charge in [-0.25, -0.2) is 0 Å². The number of aromatic carboxylic acids is 1. The lowest BCUT2D eigenvalue weighted by atomic mass is 10.00. The summed E-state index contributed by atoms with van der Waals surface area (Å²) >= 11 is 0. The zero-order valence-electron chi connectivity index (χ0n) is 11.1. The highest BCUT2D eigenvalue weighted by atomic mass is 16.6. The molecule has 108 valence electrons. The van der Waals surface area contributed by atoms with Crippen molar-refractivity contribution >= 4 is 17.9 Å². The molecule has 1 aromatic heterocycles. The molecule has 1 heterocycles. The van der Waals surface area contributed by atoms with Gasteiger partial charge in [0.05, 0.1) is 24.9 Å². The molecule has 0 saturated heterocycles. The van der Waals surface area contributed by atoms with E-state index in [1.54, 1.807) is 13.8 Å². The van der Waals surface area contributed by atoms with Crippen molar-refractivity contribution in [3.8, 4) is 0 Å². The molecule has 7 heteroatoms. The number of carbonyl (C=O) groups is 3. The van der Waals surface area contributed by atoms with E-state index in [4.69, 9.17) is 9.47 Å². The van der Waals surface area contributed by atoms with Crippen molar-refractivity contribution < 1.29 is 29.0 Å². The van der Waals surface area contributed by atoms with Crippen molar-refractivity contribution in [2.24, 2.45) is 0 Å². The van der Waals surface area contributed by atoms with Crippen molar-refractivity contribution in [1.82, 2.24) is 4.98 Å². The molecular weight excluding hydrogens is 266 g/mol. The average molecular weight is 280 g/mol. The molecule has 0 spiro atoms. The summed E-state index contributed by atoms with van der Waals surface area (Å²) in [5, 5.41) is 11.0. The molecular formula is C13H14NO6-. The molecule has 7 nitrogen and oxygen atoms in total. The number of carboxylic acids is 1. The molecule has 20 heavy (non-hydrogen) atoms. The van der Waals surface area contributed by atoms with Crippen molar-refractivity contribution in [2.45, 2.75) is 19.8 Å². The van der Waals surface area contributed by atoms with Crippen LogP contribution in [-0.4, -0.2) is 36.1 Å². The maximum absolute atomic E-state index is 11.9. The lowest BCUT2D eigenvalue weighted by Crippen LogP contribution is -2.31. The number of rotatable bonds is 6. The van der Waals surface area contributed by atoms with Crippen LogP contribution in [0.1, 0.15) is 35.8 Å². The van der Waals surface area contributed by atoms with Crippen LogP contribution in [0, 0.1) is 0 Å². The van der Waals surface area contributed by atoms with Crippen molar-refractivity contribution in [2.75, 3.05) is 13.2 Å². The lowest BCUT2D eigenvalue weighted by Gasteiger charge is -2.17. The first-order valence-electron chi connectivity index (χ1n) is 6.02. The maximum atomic E-state index is 11.9. The molecule has 0 amide bonds. The summed E-state index contributed by atoms with van der Waals surface area (Å²) in [6, 6.07) is 2.56. The van der Waals surface area contributed by atoms with Crippen LogP contribution >= 0.6 is 0 Å². The molecule has 0 bridgehead atoms. The Hall–Kier alpha value is -2.44. The highest BCUT2D eigenvalue weighted by molar-refractivity contribution is 6.03. The number of ether oxygens (including phenoxy) is 2. The Balaban J connectivity index is 3.26. The Morgan fingerprint density at radius 1 is 1.20 bits per heavy atom. The highest BCUT2D eigenvalue weighted by Gasteiger charge is 2.34. The zero-order chi connectivity index (χ0) is 15.1. The van der Waals surface area contributed by atoms with Crippen LogP contribution in [-0.2, 0) is 19.1 Å². The minimum Gasteiger partial charge on any atom is -0.545 e. The van der Waals surface area contributed by atoms with E-state index < -0.39 is 23.8 Å². The molecule has 0 fully saturated rings. The Bertz CT molecular complexity index is 495. The third kappa shape index (κ3) is 3.53. The molecule has 1 aromatic rings. The van der Waals surface area contributed by atoms with Crippen molar-refractivity contribution in [1.29, 1.82) is 0 Å². The molecule has 0 aromatic carbocycles. The van der Waals surface area contributed by atoms with E-state index in [0.29, 0.717) is 0 Å². The van der Waals surface area contributed by atoms with E-state index in [1.165, 1.54) is 18.3 Å². The van der Waals surface area contributed by atoms with Gasteiger partial charge < -0.3 is 19.4 Å². The molecule has 0 saturated carbocycles. The first-order valence-corrected chi connectivity index (χ1v) is 6.02. The second-order valence-corrected chi connectivity index (χ2v) is 3.66. The van der Waals surface area contributed by atoms with Crippen LogP contribution in [0.2, 0.25) is 0 Å². The van der Waals surface area contributed by atoms with E-state index in [-0.39, 0.29) is 24.5 Å². The molecule has 0 aliphatic carbocycles. The van der Waals surface area contributed by atoms with Crippen LogP contribution in [0.4, 0.5) is 0 Å². The van der Waals surface area contributed by atoms with Crippen molar-refractivity contribution in [3.05, 3.63) is 29.6 Å². The van der Waals surface area contributed by atoms with Gasteiger partial charge in [0.25, 0.3) is 0 Å². The Morgan fingerprint density at radius 2 is 1.75 bits per heavy atom. The van der Waals surface area contributed by atoms with Gasteiger partial charge in [-0.3, -0.25) is 14.6 Å². The van der Waals surface area contributed by atoms with E-state index >= 15 is 0 Å². The highest BCUT2D eigenvalue weighted by Crippen LogP contribution is 2.21. The number of hydrogen-bond donors (Lipinski definition) is 0. The number of hydrogen-bond acceptors (Lipinski definition) is 7. The summed E-state index contributed by atoms with van der Waals surface area (Å²) in [7, 11) is 0. The number of aromatic nitrogens is 1. The number of nitrogens with zero attached hydrogens (tertiary/aromatic N) is 1. The fraction of sp³-hybridized carbons (Fsp3) is 0.385. The van der Waals surface area contributed by atoms with Crippen molar-refractivity contribution in [3.63, 3.8) is 0 Å². The molecule has 1 rings (SSSR count). The number of carbonyl (C=O) groups excluding carboxylic acids is 3. The fourth-order valence-electron chi connectivity index (χ4n) is 1.59. The van der Waals surface area contributed by atoms with Crippen LogP contribution in [0.3, 0.4) is 0 Å². The summed E-state index contributed by atoms with van der Waals surface area (Å²) < 4.78 is 9.54. The minimum absolute atomic E-state index is 0.0439. The van der Waals surface area contributed by atoms with E-state index in [9.17, 15) is 19.5 Å². The van der Waals surface area contributed by atoms with Crippen LogP contribution < -0.4 is 5.11 Å². The predicted octanol–water partition coefficient (Wildman–Crippen LogP) is -0.345. The second-order valence-electron chi connectivity index (χ2n) is 3.66. The van der Waals surface area contributed by atoms with Crippen LogP contribution in [0.5, 0.6) is 0 Å². The third-order valence-electron chi connectivity index (χ3n) is 2.38. The normalized spacial score (nSPS) is 10.2. The number of esters is 2. The molecule has 0 N–H and O–H groups in total. The molecule has 0 aliphatic heterocycles. The molecule has 0 unspecified atom stereocenters. The van der Waals surface area contributed by atoms with Crippen LogP contribution in [0.25, 0.3) is 0 Å². The van der Waals surface area contributed by atoms with Gasteiger partial charge in [-0.1, -0.05) is 0 Å². The third-order valence-corrected chi connectivity index (χ3v) is 2.38. The zero-order valence-corrected chi connectivity index (χ0v) is 11.1. The topological polar surface area (TPSA) is 106 Å². The summed E-state index contributed by atoms with van der Waals surface area (Å²) in [5.41, 5.74) is -0.594. The predicted molar refractivity (Wildman–Crippen MR) is 64.6 cm³/mol. The molecule has 0 radical (unpaired) electrons. The van der Waals surface area contributed by atoms with E-state index in [1.807, 2.05) is 0 Å². The SMILES string of the molecule is CCOC(=O)C(C(=O)OCC)c1ncccc1C(=O)[O-]. The minimum atomic E-state index is -1.54. The number of carboxylic acid groups (broad SMARTS) is 1. The van der Waals surface area contributed by atoms with Gasteiger partial charge in [0.15, 0.2) is 5.92 Å². The Kier molecular flexibility index (Phi) is 5.64. The van der Waals surface area contributed by atoms with Gasteiger partial charge in [0.1, 0.15) is 0 Å². The fourth-order valence-corrected chi connectivity index (χ4v) is 1.59.